The van der Waals surface area contributed by atoms with Gasteiger partial charge in [-0.15, -0.1) is 0 Å². The van der Waals surface area contributed by atoms with E-state index in [1.165, 1.54) is 4.90 Å². The third kappa shape index (κ3) is 2.63. The van der Waals surface area contributed by atoms with Crippen LogP contribution in [0.3, 0.4) is 0 Å². The Morgan fingerprint density at radius 3 is 2.85 bits per heavy atom. The van der Waals surface area contributed by atoms with Crippen molar-refractivity contribution in [3.63, 3.8) is 0 Å². The lowest BCUT2D eigenvalue weighted by atomic mass is 9.89. The first-order valence-electron chi connectivity index (χ1n) is 6.80. The van der Waals surface area contributed by atoms with Crippen molar-refractivity contribution in [1.29, 1.82) is 0 Å². The summed E-state index contributed by atoms with van der Waals surface area (Å²) >= 11 is 6.00. The molecule has 5 nitrogen and oxygen atoms in total. The Balaban J connectivity index is 1.64. The normalized spacial score (nSPS) is 22.6. The van der Waals surface area contributed by atoms with Gasteiger partial charge in [-0.2, -0.15) is 0 Å². The van der Waals surface area contributed by atoms with Crippen molar-refractivity contribution in [3.05, 3.63) is 23.2 Å². The van der Waals surface area contributed by atoms with Crippen LogP contribution in [0.25, 0.3) is 0 Å². The summed E-state index contributed by atoms with van der Waals surface area (Å²) in [7, 11) is 0. The molecule has 1 unspecified atom stereocenters. The predicted octanol–water partition coefficient (Wildman–Crippen LogP) is 2.90. The number of carbonyl (C=O) groups is 1. The number of anilines is 1. The summed E-state index contributed by atoms with van der Waals surface area (Å²) < 4.78 is 5.77. The molecule has 2 heterocycles. The minimum absolute atomic E-state index is 0.219. The van der Waals surface area contributed by atoms with Gasteiger partial charge in [0.05, 0.1) is 11.7 Å². The monoisotopic (exact) mass is 296 g/mol. The van der Waals surface area contributed by atoms with Gasteiger partial charge in [-0.1, -0.05) is 11.6 Å². The Morgan fingerprint density at radius 1 is 1.40 bits per heavy atom. The highest BCUT2D eigenvalue weighted by Gasteiger charge is 2.31. The fraction of sp³-hybridized carbons (Fsp3) is 0.500. The number of likely N-dealkylation sites (tertiary alicyclic amines) is 1. The van der Waals surface area contributed by atoms with Crippen molar-refractivity contribution in [2.45, 2.75) is 18.9 Å². The molecule has 1 amide bonds. The van der Waals surface area contributed by atoms with E-state index in [0.29, 0.717) is 30.6 Å². The molecule has 108 valence electrons. The molecule has 0 aromatic heterocycles. The van der Waals surface area contributed by atoms with Crippen molar-refractivity contribution < 1.29 is 14.6 Å². The second-order valence-corrected chi connectivity index (χ2v) is 5.75. The molecule has 2 aliphatic heterocycles. The maximum Gasteiger partial charge on any atom is 0.407 e. The zero-order valence-electron chi connectivity index (χ0n) is 11.0. The largest absolute Gasteiger partial charge is 0.489 e. The quantitative estimate of drug-likeness (QED) is 0.836. The Morgan fingerprint density at radius 2 is 2.15 bits per heavy atom. The average molecular weight is 297 g/mol. The van der Waals surface area contributed by atoms with Crippen molar-refractivity contribution >= 4 is 23.4 Å². The van der Waals surface area contributed by atoms with Crippen molar-refractivity contribution in [2.75, 3.05) is 25.0 Å². The number of carboxylic acid groups (broad SMARTS) is 1. The molecule has 1 aromatic carbocycles. The lowest BCUT2D eigenvalue weighted by Gasteiger charge is -2.37. The van der Waals surface area contributed by atoms with Gasteiger partial charge in [-0.3, -0.25) is 0 Å². The molecule has 0 spiro atoms. The number of fused-ring (bicyclic) bond motifs is 1. The Kier molecular flexibility index (Phi) is 3.61. The lowest BCUT2D eigenvalue weighted by Crippen LogP contribution is -2.45. The van der Waals surface area contributed by atoms with Crippen LogP contribution in [0.1, 0.15) is 12.8 Å². The Hall–Kier alpha value is -1.62. The molecule has 0 aliphatic carbocycles. The number of rotatable bonds is 1. The molecule has 2 aliphatic rings. The highest BCUT2D eigenvalue weighted by molar-refractivity contribution is 6.30. The van der Waals surface area contributed by atoms with E-state index in [-0.39, 0.29) is 6.04 Å². The fourth-order valence-electron chi connectivity index (χ4n) is 2.91. The molecular weight excluding hydrogens is 280 g/mol. The molecule has 0 bridgehead atoms. The van der Waals surface area contributed by atoms with Crippen LogP contribution in [-0.2, 0) is 0 Å². The minimum Gasteiger partial charge on any atom is -0.489 e. The summed E-state index contributed by atoms with van der Waals surface area (Å²) in [6.45, 7) is 1.81. The zero-order valence-corrected chi connectivity index (χ0v) is 11.8. The van der Waals surface area contributed by atoms with Gasteiger partial charge in [0.2, 0.25) is 0 Å². The molecule has 1 atom stereocenters. The zero-order chi connectivity index (χ0) is 14.1. The summed E-state index contributed by atoms with van der Waals surface area (Å²) in [5.74, 6) is 1.26. The molecule has 2 N–H and O–H groups in total. The number of hydrogen-bond acceptors (Lipinski definition) is 3. The number of nitrogens with zero attached hydrogens (tertiary/aromatic N) is 1. The maximum absolute atomic E-state index is 10.9. The number of nitrogens with one attached hydrogen (secondary N) is 1. The fourth-order valence-corrected chi connectivity index (χ4v) is 3.08. The third-order valence-electron chi connectivity index (χ3n) is 4.08. The highest BCUT2D eigenvalue weighted by atomic mass is 35.5. The SMILES string of the molecule is O=C(O)N1CCC(C2COc3ccc(Cl)cc3N2)CC1. The molecule has 20 heavy (non-hydrogen) atoms. The molecule has 3 rings (SSSR count). The van der Waals surface area contributed by atoms with Crippen LogP contribution in [0.15, 0.2) is 18.2 Å². The summed E-state index contributed by atoms with van der Waals surface area (Å²) in [5, 5.41) is 13.1. The molecule has 0 saturated carbocycles. The van der Waals surface area contributed by atoms with Gasteiger partial charge >= 0.3 is 6.09 Å². The van der Waals surface area contributed by atoms with Crippen LogP contribution in [0.2, 0.25) is 5.02 Å². The number of hydrogen-bond donors (Lipinski definition) is 2. The third-order valence-corrected chi connectivity index (χ3v) is 4.32. The summed E-state index contributed by atoms with van der Waals surface area (Å²) in [5.41, 5.74) is 0.925. The molecule has 1 fully saturated rings. The van der Waals surface area contributed by atoms with Gasteiger partial charge < -0.3 is 20.1 Å². The summed E-state index contributed by atoms with van der Waals surface area (Å²) in [6.07, 6.45) is 0.903. The van der Waals surface area contributed by atoms with Crippen LogP contribution in [0, 0.1) is 5.92 Å². The summed E-state index contributed by atoms with van der Waals surface area (Å²) in [4.78, 5) is 12.4. The first-order chi connectivity index (χ1) is 9.63. The van der Waals surface area contributed by atoms with E-state index < -0.39 is 6.09 Å². The first-order valence-corrected chi connectivity index (χ1v) is 7.18. The topological polar surface area (TPSA) is 61.8 Å². The van der Waals surface area contributed by atoms with Crippen LogP contribution in [-0.4, -0.2) is 41.8 Å². The van der Waals surface area contributed by atoms with E-state index in [1.54, 1.807) is 0 Å². The number of amides is 1. The van der Waals surface area contributed by atoms with E-state index in [2.05, 4.69) is 5.32 Å². The van der Waals surface area contributed by atoms with Crippen molar-refractivity contribution in [1.82, 2.24) is 4.90 Å². The van der Waals surface area contributed by atoms with E-state index in [0.717, 1.165) is 24.3 Å². The lowest BCUT2D eigenvalue weighted by molar-refractivity contribution is 0.115. The van der Waals surface area contributed by atoms with E-state index >= 15 is 0 Å². The smallest absolute Gasteiger partial charge is 0.407 e. The van der Waals surface area contributed by atoms with E-state index in [9.17, 15) is 4.79 Å². The van der Waals surface area contributed by atoms with Gasteiger partial charge in [0.25, 0.3) is 0 Å². The second kappa shape index (κ2) is 5.40. The number of halogens is 1. The van der Waals surface area contributed by atoms with Crippen molar-refractivity contribution in [3.8, 4) is 5.75 Å². The molecule has 1 saturated heterocycles. The van der Waals surface area contributed by atoms with Crippen LogP contribution in [0.5, 0.6) is 5.75 Å². The maximum atomic E-state index is 10.9. The van der Waals surface area contributed by atoms with Crippen LogP contribution in [0.4, 0.5) is 10.5 Å². The standard InChI is InChI=1S/C14H17ClN2O3/c15-10-1-2-13-11(7-10)16-12(8-20-13)9-3-5-17(6-4-9)14(18)19/h1-2,7,9,12,16H,3-6,8H2,(H,18,19). The second-order valence-electron chi connectivity index (χ2n) is 5.31. The van der Waals surface area contributed by atoms with Gasteiger partial charge in [-0.05, 0) is 37.0 Å². The molecule has 1 aromatic rings. The molecular formula is C14H17ClN2O3. The van der Waals surface area contributed by atoms with Gasteiger partial charge in [-0.25, -0.2) is 4.79 Å². The summed E-state index contributed by atoms with van der Waals surface area (Å²) in [6, 6.07) is 5.77. The van der Waals surface area contributed by atoms with Gasteiger partial charge in [0.1, 0.15) is 12.4 Å². The number of benzene rings is 1. The number of ether oxygens (including phenoxy) is 1. The predicted molar refractivity (Wildman–Crippen MR) is 76.7 cm³/mol. The minimum atomic E-state index is -0.826. The van der Waals surface area contributed by atoms with Gasteiger partial charge in [0, 0.05) is 18.1 Å². The van der Waals surface area contributed by atoms with Gasteiger partial charge in [0.15, 0.2) is 0 Å². The number of piperidine rings is 1. The van der Waals surface area contributed by atoms with Crippen LogP contribution >= 0.6 is 11.6 Å². The molecule has 0 radical (unpaired) electrons. The molecule has 6 heteroatoms. The highest BCUT2D eigenvalue weighted by Crippen LogP contribution is 2.34. The van der Waals surface area contributed by atoms with Crippen molar-refractivity contribution in [2.24, 2.45) is 5.92 Å². The Bertz CT molecular complexity index is 515. The van der Waals surface area contributed by atoms with Crippen LogP contribution < -0.4 is 10.1 Å². The van der Waals surface area contributed by atoms with E-state index in [1.807, 2.05) is 18.2 Å². The average Bonchev–Trinajstić information content (AvgIpc) is 2.46. The first kappa shape index (κ1) is 13.4. The van der Waals surface area contributed by atoms with E-state index in [4.69, 9.17) is 21.4 Å². The Labute approximate surface area is 122 Å².